The second-order valence-corrected chi connectivity index (χ2v) is 4.14. The molecule has 0 spiro atoms. The standard InChI is InChI=1S/C12H11F3N2O2/c1-7-2-4-8(5-3-7)11-16-10(19-17-11)6-9(18)12(13,14)15/h2-5,9,18H,6H2,1H3. The predicted molar refractivity (Wildman–Crippen MR) is 60.2 cm³/mol. The Bertz CT molecular complexity index is 549. The molecule has 0 aliphatic heterocycles. The minimum atomic E-state index is -4.70. The van der Waals surface area contributed by atoms with Crippen molar-refractivity contribution in [3.8, 4) is 11.4 Å². The molecule has 0 saturated heterocycles. The maximum absolute atomic E-state index is 12.2. The molecule has 0 saturated carbocycles. The van der Waals surface area contributed by atoms with Crippen LogP contribution in [-0.2, 0) is 6.42 Å². The van der Waals surface area contributed by atoms with Crippen LogP contribution in [0, 0.1) is 6.92 Å². The molecule has 4 nitrogen and oxygen atoms in total. The predicted octanol–water partition coefficient (Wildman–Crippen LogP) is 2.51. The van der Waals surface area contributed by atoms with Crippen LogP contribution in [0.25, 0.3) is 11.4 Å². The molecule has 7 heteroatoms. The number of aryl methyl sites for hydroxylation is 1. The maximum Gasteiger partial charge on any atom is 0.414 e. The van der Waals surface area contributed by atoms with E-state index in [9.17, 15) is 13.2 Å². The molecular weight excluding hydrogens is 261 g/mol. The Morgan fingerprint density at radius 1 is 1.26 bits per heavy atom. The summed E-state index contributed by atoms with van der Waals surface area (Å²) < 4.78 is 41.2. The lowest BCUT2D eigenvalue weighted by Gasteiger charge is -2.11. The third-order valence-corrected chi connectivity index (χ3v) is 2.52. The molecule has 1 atom stereocenters. The van der Waals surface area contributed by atoms with Crippen molar-refractivity contribution in [2.45, 2.75) is 25.6 Å². The zero-order chi connectivity index (χ0) is 14.0. The third kappa shape index (κ3) is 3.31. The second kappa shape index (κ2) is 5.00. The van der Waals surface area contributed by atoms with E-state index < -0.39 is 18.7 Å². The Labute approximate surface area is 106 Å². The van der Waals surface area contributed by atoms with E-state index >= 15 is 0 Å². The summed E-state index contributed by atoms with van der Waals surface area (Å²) >= 11 is 0. The highest BCUT2D eigenvalue weighted by molar-refractivity contribution is 5.54. The van der Waals surface area contributed by atoms with E-state index in [2.05, 4.69) is 10.1 Å². The summed E-state index contributed by atoms with van der Waals surface area (Å²) in [6, 6.07) is 7.14. The summed E-state index contributed by atoms with van der Waals surface area (Å²) in [5.41, 5.74) is 1.68. The van der Waals surface area contributed by atoms with E-state index in [4.69, 9.17) is 9.63 Å². The van der Waals surface area contributed by atoms with Gasteiger partial charge in [0.15, 0.2) is 6.10 Å². The van der Waals surface area contributed by atoms with Gasteiger partial charge in [0.25, 0.3) is 0 Å². The number of halogens is 3. The molecule has 1 unspecified atom stereocenters. The molecule has 0 amide bonds. The Morgan fingerprint density at radius 2 is 1.89 bits per heavy atom. The van der Waals surface area contributed by atoms with Crippen molar-refractivity contribution >= 4 is 0 Å². The molecular formula is C12H11F3N2O2. The van der Waals surface area contributed by atoms with E-state index in [1.54, 1.807) is 12.1 Å². The number of aliphatic hydroxyl groups is 1. The average molecular weight is 272 g/mol. The van der Waals surface area contributed by atoms with Crippen molar-refractivity contribution in [3.05, 3.63) is 35.7 Å². The molecule has 1 heterocycles. The number of hydrogen-bond donors (Lipinski definition) is 1. The van der Waals surface area contributed by atoms with Gasteiger partial charge in [0.05, 0.1) is 6.42 Å². The first-order chi connectivity index (χ1) is 8.86. The molecule has 0 radical (unpaired) electrons. The molecule has 0 aliphatic rings. The van der Waals surface area contributed by atoms with Crippen molar-refractivity contribution in [2.24, 2.45) is 0 Å². The number of nitrogens with zero attached hydrogens (tertiary/aromatic N) is 2. The Kier molecular flexibility index (Phi) is 3.57. The lowest BCUT2D eigenvalue weighted by Crippen LogP contribution is -2.30. The first kappa shape index (κ1) is 13.5. The highest BCUT2D eigenvalue weighted by Gasteiger charge is 2.39. The number of alkyl halides is 3. The van der Waals surface area contributed by atoms with Crippen molar-refractivity contribution in [1.82, 2.24) is 10.1 Å². The molecule has 102 valence electrons. The summed E-state index contributed by atoms with van der Waals surface area (Å²) in [4.78, 5) is 3.83. The Morgan fingerprint density at radius 3 is 2.47 bits per heavy atom. The van der Waals surface area contributed by atoms with Gasteiger partial charge in [-0.15, -0.1) is 0 Å². The molecule has 0 fully saturated rings. The lowest BCUT2D eigenvalue weighted by atomic mass is 10.1. The van der Waals surface area contributed by atoms with Gasteiger partial charge in [-0.25, -0.2) is 0 Å². The van der Waals surface area contributed by atoms with Crippen LogP contribution in [0.2, 0.25) is 0 Å². The Balaban J connectivity index is 2.13. The summed E-state index contributed by atoms with van der Waals surface area (Å²) in [5, 5.41) is 12.5. The van der Waals surface area contributed by atoms with Gasteiger partial charge < -0.3 is 9.63 Å². The topological polar surface area (TPSA) is 59.2 Å². The van der Waals surface area contributed by atoms with Crippen LogP contribution in [0.15, 0.2) is 28.8 Å². The number of rotatable bonds is 3. The maximum atomic E-state index is 12.2. The molecule has 2 rings (SSSR count). The quantitative estimate of drug-likeness (QED) is 0.932. The van der Waals surface area contributed by atoms with E-state index in [1.165, 1.54) is 0 Å². The van der Waals surface area contributed by atoms with Crippen molar-refractivity contribution in [2.75, 3.05) is 0 Å². The van der Waals surface area contributed by atoms with Crippen LogP contribution < -0.4 is 0 Å². The van der Waals surface area contributed by atoms with Crippen LogP contribution in [-0.4, -0.2) is 27.5 Å². The second-order valence-electron chi connectivity index (χ2n) is 4.14. The number of benzene rings is 1. The van der Waals surface area contributed by atoms with E-state index in [0.717, 1.165) is 5.56 Å². The fourth-order valence-corrected chi connectivity index (χ4v) is 1.44. The van der Waals surface area contributed by atoms with Gasteiger partial charge in [-0.05, 0) is 6.92 Å². The summed E-state index contributed by atoms with van der Waals surface area (Å²) in [7, 11) is 0. The highest BCUT2D eigenvalue weighted by Crippen LogP contribution is 2.23. The average Bonchev–Trinajstić information content (AvgIpc) is 2.77. The van der Waals surface area contributed by atoms with Crippen LogP contribution in [0.1, 0.15) is 11.5 Å². The SMILES string of the molecule is Cc1ccc(-c2noc(CC(O)C(F)(F)F)n2)cc1. The normalized spacial score (nSPS) is 13.5. The van der Waals surface area contributed by atoms with Crippen molar-refractivity contribution in [1.29, 1.82) is 0 Å². The summed E-state index contributed by atoms with van der Waals surface area (Å²) in [6.07, 6.45) is -7.94. The summed E-state index contributed by atoms with van der Waals surface area (Å²) in [6.45, 7) is 1.91. The number of aliphatic hydroxyl groups excluding tert-OH is 1. The number of aromatic nitrogens is 2. The van der Waals surface area contributed by atoms with Gasteiger partial charge >= 0.3 is 6.18 Å². The smallest absolute Gasteiger partial charge is 0.383 e. The van der Waals surface area contributed by atoms with E-state index in [0.29, 0.717) is 5.56 Å². The minimum absolute atomic E-state index is 0.198. The first-order valence-corrected chi connectivity index (χ1v) is 5.50. The van der Waals surface area contributed by atoms with Gasteiger partial charge in [0.2, 0.25) is 11.7 Å². The monoisotopic (exact) mass is 272 g/mol. The summed E-state index contributed by atoms with van der Waals surface area (Å²) in [5.74, 6) is -0.0511. The van der Waals surface area contributed by atoms with Gasteiger partial charge in [-0.2, -0.15) is 18.2 Å². The molecule has 19 heavy (non-hydrogen) atoms. The molecule has 1 aromatic heterocycles. The Hall–Kier alpha value is -1.89. The highest BCUT2D eigenvalue weighted by atomic mass is 19.4. The van der Waals surface area contributed by atoms with Crippen LogP contribution >= 0.6 is 0 Å². The van der Waals surface area contributed by atoms with Crippen LogP contribution in [0.5, 0.6) is 0 Å². The minimum Gasteiger partial charge on any atom is -0.383 e. The zero-order valence-electron chi connectivity index (χ0n) is 9.98. The van der Waals surface area contributed by atoms with Crippen molar-refractivity contribution < 1.29 is 22.8 Å². The fourth-order valence-electron chi connectivity index (χ4n) is 1.44. The third-order valence-electron chi connectivity index (χ3n) is 2.52. The van der Waals surface area contributed by atoms with E-state index in [-0.39, 0.29) is 11.7 Å². The van der Waals surface area contributed by atoms with Gasteiger partial charge in [0.1, 0.15) is 0 Å². The van der Waals surface area contributed by atoms with Crippen LogP contribution in [0.4, 0.5) is 13.2 Å². The largest absolute Gasteiger partial charge is 0.414 e. The van der Waals surface area contributed by atoms with Gasteiger partial charge in [-0.3, -0.25) is 0 Å². The molecule has 1 N–H and O–H groups in total. The fraction of sp³-hybridized carbons (Fsp3) is 0.333. The molecule has 2 aromatic rings. The van der Waals surface area contributed by atoms with Crippen molar-refractivity contribution in [3.63, 3.8) is 0 Å². The van der Waals surface area contributed by atoms with Gasteiger partial charge in [-0.1, -0.05) is 35.0 Å². The van der Waals surface area contributed by atoms with E-state index in [1.807, 2.05) is 19.1 Å². The molecule has 0 aliphatic carbocycles. The molecule has 0 bridgehead atoms. The molecule has 1 aromatic carbocycles. The van der Waals surface area contributed by atoms with Gasteiger partial charge in [0, 0.05) is 5.56 Å². The zero-order valence-corrected chi connectivity index (χ0v) is 9.98. The number of hydrogen-bond acceptors (Lipinski definition) is 4. The first-order valence-electron chi connectivity index (χ1n) is 5.50. The lowest BCUT2D eigenvalue weighted by molar-refractivity contribution is -0.204. The van der Waals surface area contributed by atoms with Crippen LogP contribution in [0.3, 0.4) is 0 Å².